The molecule has 0 radical (unpaired) electrons. The summed E-state index contributed by atoms with van der Waals surface area (Å²) in [4.78, 5) is 22.0. The highest BCUT2D eigenvalue weighted by Gasteiger charge is 2.08. The first-order valence-electron chi connectivity index (χ1n) is 8.72. The highest BCUT2D eigenvalue weighted by Crippen LogP contribution is 2.22. The maximum absolute atomic E-state index is 13.8. The van der Waals surface area contributed by atoms with Crippen molar-refractivity contribution in [1.29, 1.82) is 0 Å². The number of esters is 1. The van der Waals surface area contributed by atoms with Crippen LogP contribution >= 0.6 is 11.6 Å². The first-order chi connectivity index (χ1) is 14.4. The van der Waals surface area contributed by atoms with Crippen LogP contribution in [0.3, 0.4) is 0 Å². The topological polar surface area (TPSA) is 78.7 Å². The number of non-ortho nitro benzene ring substituents is 1. The fourth-order valence-corrected chi connectivity index (χ4v) is 2.67. The molecule has 0 bridgehead atoms. The molecule has 0 saturated heterocycles. The molecule has 8 heteroatoms. The largest absolute Gasteiger partial charge is 0.489 e. The summed E-state index contributed by atoms with van der Waals surface area (Å²) >= 11 is 5.97. The zero-order valence-corrected chi connectivity index (χ0v) is 16.2. The standard InChI is InChI=1S/C22H15ClFNO5/c23-20-2-1-3-21(24)19(20)14-29-17-9-4-15(5-10-17)6-13-22(26)30-18-11-7-16(8-12-18)25(27)28/h1-13H,14H2/b13-6+. The second-order valence-corrected chi connectivity index (χ2v) is 6.47. The van der Waals surface area contributed by atoms with Gasteiger partial charge < -0.3 is 9.47 Å². The van der Waals surface area contributed by atoms with Gasteiger partial charge in [-0.2, -0.15) is 0 Å². The molecule has 3 aromatic rings. The van der Waals surface area contributed by atoms with Gasteiger partial charge in [-0.3, -0.25) is 10.1 Å². The van der Waals surface area contributed by atoms with E-state index in [-0.39, 0.29) is 23.6 Å². The van der Waals surface area contributed by atoms with Gasteiger partial charge in [-0.1, -0.05) is 29.8 Å². The summed E-state index contributed by atoms with van der Waals surface area (Å²) in [7, 11) is 0. The third-order valence-electron chi connectivity index (χ3n) is 4.00. The van der Waals surface area contributed by atoms with Gasteiger partial charge >= 0.3 is 5.97 Å². The van der Waals surface area contributed by atoms with Crippen LogP contribution in [0, 0.1) is 15.9 Å². The van der Waals surface area contributed by atoms with Crippen molar-refractivity contribution in [2.24, 2.45) is 0 Å². The highest BCUT2D eigenvalue weighted by molar-refractivity contribution is 6.31. The number of nitro groups is 1. The lowest BCUT2D eigenvalue weighted by molar-refractivity contribution is -0.384. The van der Waals surface area contributed by atoms with Gasteiger partial charge in [0.1, 0.15) is 23.9 Å². The lowest BCUT2D eigenvalue weighted by atomic mass is 10.2. The average molecular weight is 428 g/mol. The van der Waals surface area contributed by atoms with Crippen molar-refractivity contribution in [3.05, 3.63) is 105 Å². The Labute approximate surface area is 176 Å². The Morgan fingerprint density at radius 1 is 1.03 bits per heavy atom. The Bertz CT molecular complexity index is 1060. The molecule has 0 fully saturated rings. The summed E-state index contributed by atoms with van der Waals surface area (Å²) in [6.07, 6.45) is 2.78. The molecule has 0 saturated carbocycles. The molecule has 30 heavy (non-hydrogen) atoms. The second-order valence-electron chi connectivity index (χ2n) is 6.06. The van der Waals surface area contributed by atoms with Crippen molar-refractivity contribution in [2.75, 3.05) is 0 Å². The van der Waals surface area contributed by atoms with Crippen molar-refractivity contribution in [2.45, 2.75) is 6.61 Å². The van der Waals surface area contributed by atoms with Gasteiger partial charge in [0, 0.05) is 23.8 Å². The summed E-state index contributed by atoms with van der Waals surface area (Å²) in [5.41, 5.74) is 0.897. The number of carbonyl (C=O) groups excluding carboxylic acids is 1. The minimum Gasteiger partial charge on any atom is -0.489 e. The summed E-state index contributed by atoms with van der Waals surface area (Å²) in [5, 5.41) is 10.9. The van der Waals surface area contributed by atoms with E-state index < -0.39 is 16.7 Å². The van der Waals surface area contributed by atoms with E-state index in [4.69, 9.17) is 21.1 Å². The normalized spacial score (nSPS) is 10.7. The van der Waals surface area contributed by atoms with Crippen molar-refractivity contribution in [1.82, 2.24) is 0 Å². The number of hydrogen-bond donors (Lipinski definition) is 0. The Morgan fingerprint density at radius 3 is 2.33 bits per heavy atom. The molecule has 0 heterocycles. The molecule has 0 atom stereocenters. The summed E-state index contributed by atoms with van der Waals surface area (Å²) < 4.78 is 24.4. The van der Waals surface area contributed by atoms with Crippen LogP contribution in [-0.2, 0) is 11.4 Å². The average Bonchev–Trinajstić information content (AvgIpc) is 2.73. The van der Waals surface area contributed by atoms with Crippen molar-refractivity contribution in [3.8, 4) is 11.5 Å². The van der Waals surface area contributed by atoms with Gasteiger partial charge in [-0.05, 0) is 48.0 Å². The number of carbonyl (C=O) groups is 1. The van der Waals surface area contributed by atoms with Gasteiger partial charge in [0.25, 0.3) is 5.69 Å². The molecule has 3 rings (SSSR count). The van der Waals surface area contributed by atoms with Gasteiger partial charge in [-0.25, -0.2) is 9.18 Å². The van der Waals surface area contributed by atoms with Crippen LogP contribution in [0.15, 0.2) is 72.8 Å². The van der Waals surface area contributed by atoms with Crippen LogP contribution in [0.25, 0.3) is 6.08 Å². The Balaban J connectivity index is 1.55. The zero-order valence-electron chi connectivity index (χ0n) is 15.5. The smallest absolute Gasteiger partial charge is 0.336 e. The molecule has 0 aliphatic carbocycles. The number of ether oxygens (including phenoxy) is 2. The molecule has 0 N–H and O–H groups in total. The number of hydrogen-bond acceptors (Lipinski definition) is 5. The van der Waals surface area contributed by atoms with Gasteiger partial charge in [0.15, 0.2) is 0 Å². The minimum atomic E-state index is -0.627. The molecule has 3 aromatic carbocycles. The quantitative estimate of drug-likeness (QED) is 0.161. The lowest BCUT2D eigenvalue weighted by Gasteiger charge is -2.09. The van der Waals surface area contributed by atoms with Gasteiger partial charge in [-0.15, -0.1) is 0 Å². The molecule has 152 valence electrons. The number of nitrogens with zero attached hydrogens (tertiary/aromatic N) is 1. The molecule has 0 aliphatic heterocycles. The van der Waals surface area contributed by atoms with Crippen LogP contribution < -0.4 is 9.47 Å². The number of nitro benzene ring substituents is 1. The minimum absolute atomic E-state index is 0.0117. The number of halogens is 2. The third-order valence-corrected chi connectivity index (χ3v) is 4.36. The van der Waals surface area contributed by atoms with Crippen molar-refractivity contribution >= 4 is 29.3 Å². The molecular formula is C22H15ClFNO5. The third kappa shape index (κ3) is 5.65. The molecule has 0 unspecified atom stereocenters. The van der Waals surface area contributed by atoms with Crippen LogP contribution in [0.4, 0.5) is 10.1 Å². The van der Waals surface area contributed by atoms with E-state index in [1.165, 1.54) is 42.5 Å². The van der Waals surface area contributed by atoms with E-state index in [9.17, 15) is 19.3 Å². The molecule has 0 spiro atoms. The molecule has 0 aliphatic rings. The zero-order chi connectivity index (χ0) is 21.5. The van der Waals surface area contributed by atoms with Crippen molar-refractivity contribution in [3.63, 3.8) is 0 Å². The maximum Gasteiger partial charge on any atom is 0.336 e. The second kappa shape index (κ2) is 9.67. The number of benzene rings is 3. The Morgan fingerprint density at radius 2 is 1.70 bits per heavy atom. The predicted octanol–water partition coefficient (Wildman–Crippen LogP) is 5.59. The van der Waals surface area contributed by atoms with E-state index >= 15 is 0 Å². The Kier molecular flexibility index (Phi) is 6.77. The summed E-state index contributed by atoms with van der Waals surface area (Å²) in [5.74, 6) is -0.349. The summed E-state index contributed by atoms with van der Waals surface area (Å²) in [6, 6.07) is 16.4. The monoisotopic (exact) mass is 427 g/mol. The fourth-order valence-electron chi connectivity index (χ4n) is 2.45. The van der Waals surface area contributed by atoms with E-state index in [1.54, 1.807) is 36.4 Å². The first-order valence-corrected chi connectivity index (χ1v) is 9.10. The van der Waals surface area contributed by atoms with E-state index in [0.29, 0.717) is 16.3 Å². The molecular weight excluding hydrogens is 413 g/mol. The van der Waals surface area contributed by atoms with Crippen LogP contribution in [0.5, 0.6) is 11.5 Å². The molecule has 6 nitrogen and oxygen atoms in total. The molecule has 0 aromatic heterocycles. The number of rotatable bonds is 7. The van der Waals surface area contributed by atoms with E-state index in [0.717, 1.165) is 0 Å². The van der Waals surface area contributed by atoms with Gasteiger partial charge in [0.05, 0.1) is 9.95 Å². The van der Waals surface area contributed by atoms with E-state index in [2.05, 4.69) is 0 Å². The Hall–Kier alpha value is -3.71. The van der Waals surface area contributed by atoms with E-state index in [1.807, 2.05) is 0 Å². The summed E-state index contributed by atoms with van der Waals surface area (Å²) in [6.45, 7) is -0.0117. The van der Waals surface area contributed by atoms with Crippen LogP contribution in [-0.4, -0.2) is 10.9 Å². The van der Waals surface area contributed by atoms with Gasteiger partial charge in [0.2, 0.25) is 0 Å². The highest BCUT2D eigenvalue weighted by atomic mass is 35.5. The predicted molar refractivity (Wildman–Crippen MR) is 110 cm³/mol. The molecule has 0 amide bonds. The van der Waals surface area contributed by atoms with Crippen LogP contribution in [0.2, 0.25) is 5.02 Å². The maximum atomic E-state index is 13.8. The SMILES string of the molecule is O=C(/C=C/c1ccc(OCc2c(F)cccc2Cl)cc1)Oc1ccc([N+](=O)[O-])cc1. The van der Waals surface area contributed by atoms with Crippen molar-refractivity contribution < 1.29 is 23.6 Å². The van der Waals surface area contributed by atoms with Crippen LogP contribution in [0.1, 0.15) is 11.1 Å². The lowest BCUT2D eigenvalue weighted by Crippen LogP contribution is -2.03. The fraction of sp³-hybridized carbons (Fsp3) is 0.0455. The first kappa shape index (κ1) is 21.0.